The molecule has 1 aliphatic heterocycles. The summed E-state index contributed by atoms with van der Waals surface area (Å²) in [5.74, 6) is 0.830. The van der Waals surface area contributed by atoms with E-state index in [1.165, 1.54) is 0 Å². The molecule has 0 aromatic heterocycles. The first kappa shape index (κ1) is 17.6. The molecule has 2 rings (SSSR count). The van der Waals surface area contributed by atoms with Crippen molar-refractivity contribution in [3.05, 3.63) is 29.8 Å². The smallest absolute Gasteiger partial charge is 0.315 e. The van der Waals surface area contributed by atoms with Gasteiger partial charge in [-0.2, -0.15) is 0 Å². The quantitative estimate of drug-likeness (QED) is 0.838. The number of benzene rings is 1. The highest BCUT2D eigenvalue weighted by atomic mass is 16.5. The summed E-state index contributed by atoms with van der Waals surface area (Å²) >= 11 is 0. The summed E-state index contributed by atoms with van der Waals surface area (Å²) in [6.45, 7) is 1.99. The summed E-state index contributed by atoms with van der Waals surface area (Å²) < 4.78 is 10.5. The van der Waals surface area contributed by atoms with Crippen LogP contribution < -0.4 is 15.4 Å². The molecule has 1 aliphatic rings. The lowest BCUT2D eigenvalue weighted by Gasteiger charge is -2.27. The van der Waals surface area contributed by atoms with Crippen LogP contribution in [0.1, 0.15) is 24.4 Å². The molecule has 1 saturated heterocycles. The van der Waals surface area contributed by atoms with E-state index in [1.807, 2.05) is 38.4 Å². The predicted octanol–water partition coefficient (Wildman–Crippen LogP) is 1.78. The Labute approximate surface area is 138 Å². The third-order valence-electron chi connectivity index (χ3n) is 4.14. The van der Waals surface area contributed by atoms with Crippen LogP contribution in [0.15, 0.2) is 24.3 Å². The summed E-state index contributed by atoms with van der Waals surface area (Å²) in [4.78, 5) is 14.2. The fourth-order valence-corrected chi connectivity index (χ4v) is 2.69. The minimum Gasteiger partial charge on any atom is -0.497 e. The molecule has 1 unspecified atom stereocenters. The summed E-state index contributed by atoms with van der Waals surface area (Å²) in [6.07, 6.45) is 1.76. The monoisotopic (exact) mass is 321 g/mol. The van der Waals surface area contributed by atoms with Gasteiger partial charge in [0.05, 0.1) is 13.2 Å². The molecule has 1 heterocycles. The second kappa shape index (κ2) is 8.74. The van der Waals surface area contributed by atoms with E-state index >= 15 is 0 Å². The maximum atomic E-state index is 12.1. The Bertz CT molecular complexity index is 484. The van der Waals surface area contributed by atoms with Gasteiger partial charge in [-0.15, -0.1) is 0 Å². The van der Waals surface area contributed by atoms with E-state index in [2.05, 4.69) is 15.5 Å². The van der Waals surface area contributed by atoms with Gasteiger partial charge in [-0.25, -0.2) is 4.79 Å². The van der Waals surface area contributed by atoms with Crippen molar-refractivity contribution in [2.75, 3.05) is 41.0 Å². The standard InChI is InChI=1S/C17H27N3O3/c1-20(2)16(13-4-6-15(22-3)7-5-13)12-18-17(21)19-14-8-10-23-11-9-14/h4-7,14,16H,8-12H2,1-3H3,(H2,18,19,21). The Kier molecular flexibility index (Phi) is 6.67. The van der Waals surface area contributed by atoms with Crippen molar-refractivity contribution in [3.63, 3.8) is 0 Å². The molecule has 2 amide bonds. The fourth-order valence-electron chi connectivity index (χ4n) is 2.69. The van der Waals surface area contributed by atoms with E-state index in [0.29, 0.717) is 6.54 Å². The summed E-state index contributed by atoms with van der Waals surface area (Å²) in [7, 11) is 5.67. The maximum Gasteiger partial charge on any atom is 0.315 e. The maximum absolute atomic E-state index is 12.1. The number of ether oxygens (including phenoxy) is 2. The highest BCUT2D eigenvalue weighted by Crippen LogP contribution is 2.20. The van der Waals surface area contributed by atoms with Gasteiger partial charge in [0.15, 0.2) is 0 Å². The van der Waals surface area contributed by atoms with Crippen molar-refractivity contribution in [3.8, 4) is 5.75 Å². The van der Waals surface area contributed by atoms with Crippen LogP contribution in [-0.4, -0.2) is 57.9 Å². The molecule has 6 heteroatoms. The van der Waals surface area contributed by atoms with Crippen LogP contribution >= 0.6 is 0 Å². The van der Waals surface area contributed by atoms with E-state index in [0.717, 1.165) is 37.4 Å². The van der Waals surface area contributed by atoms with Crippen LogP contribution in [0.2, 0.25) is 0 Å². The van der Waals surface area contributed by atoms with E-state index in [9.17, 15) is 4.79 Å². The Balaban J connectivity index is 1.87. The number of rotatable bonds is 6. The average molecular weight is 321 g/mol. The van der Waals surface area contributed by atoms with E-state index in [-0.39, 0.29) is 18.1 Å². The first-order chi connectivity index (χ1) is 11.1. The third kappa shape index (κ3) is 5.41. The third-order valence-corrected chi connectivity index (χ3v) is 4.14. The number of carbonyl (C=O) groups is 1. The molecule has 2 N–H and O–H groups in total. The van der Waals surface area contributed by atoms with Crippen LogP contribution in [0, 0.1) is 0 Å². The lowest BCUT2D eigenvalue weighted by Crippen LogP contribution is -2.46. The highest BCUT2D eigenvalue weighted by Gasteiger charge is 2.18. The van der Waals surface area contributed by atoms with Crippen molar-refractivity contribution in [1.29, 1.82) is 0 Å². The lowest BCUT2D eigenvalue weighted by atomic mass is 10.1. The Morgan fingerprint density at radius 2 is 1.96 bits per heavy atom. The Morgan fingerprint density at radius 1 is 1.30 bits per heavy atom. The number of methoxy groups -OCH3 is 1. The summed E-state index contributed by atoms with van der Waals surface area (Å²) in [5, 5.41) is 5.99. The summed E-state index contributed by atoms with van der Waals surface area (Å²) in [6, 6.07) is 8.14. The number of amides is 2. The molecule has 1 fully saturated rings. The molecule has 128 valence electrons. The zero-order valence-electron chi connectivity index (χ0n) is 14.2. The SMILES string of the molecule is COc1ccc(C(CNC(=O)NC2CCOCC2)N(C)C)cc1. The van der Waals surface area contributed by atoms with Gasteiger partial charge in [0.25, 0.3) is 0 Å². The predicted molar refractivity (Wildman–Crippen MR) is 89.8 cm³/mol. The second-order valence-corrected chi connectivity index (χ2v) is 5.99. The van der Waals surface area contributed by atoms with Crippen LogP contribution in [0.25, 0.3) is 0 Å². The number of urea groups is 1. The van der Waals surface area contributed by atoms with Crippen molar-refractivity contribution in [2.45, 2.75) is 24.9 Å². The highest BCUT2D eigenvalue weighted by molar-refractivity contribution is 5.74. The van der Waals surface area contributed by atoms with Gasteiger partial charge in [0.1, 0.15) is 5.75 Å². The van der Waals surface area contributed by atoms with Crippen LogP contribution in [-0.2, 0) is 4.74 Å². The zero-order valence-corrected chi connectivity index (χ0v) is 14.2. The zero-order chi connectivity index (χ0) is 16.7. The Morgan fingerprint density at radius 3 is 2.52 bits per heavy atom. The van der Waals surface area contributed by atoms with E-state index in [4.69, 9.17) is 9.47 Å². The number of nitrogens with zero attached hydrogens (tertiary/aromatic N) is 1. The van der Waals surface area contributed by atoms with E-state index < -0.39 is 0 Å². The number of nitrogens with one attached hydrogen (secondary N) is 2. The average Bonchev–Trinajstić information content (AvgIpc) is 2.56. The molecular weight excluding hydrogens is 294 g/mol. The van der Waals surface area contributed by atoms with Gasteiger partial charge < -0.3 is 25.0 Å². The fraction of sp³-hybridized carbons (Fsp3) is 0.588. The number of hydrogen-bond acceptors (Lipinski definition) is 4. The lowest BCUT2D eigenvalue weighted by molar-refractivity contribution is 0.0800. The van der Waals surface area contributed by atoms with Gasteiger partial charge in [0, 0.05) is 25.8 Å². The van der Waals surface area contributed by atoms with Gasteiger partial charge in [-0.05, 0) is 44.6 Å². The first-order valence-electron chi connectivity index (χ1n) is 8.02. The summed E-state index contributed by atoms with van der Waals surface area (Å²) in [5.41, 5.74) is 1.14. The van der Waals surface area contributed by atoms with Crippen molar-refractivity contribution in [2.24, 2.45) is 0 Å². The molecule has 23 heavy (non-hydrogen) atoms. The van der Waals surface area contributed by atoms with E-state index in [1.54, 1.807) is 7.11 Å². The molecule has 6 nitrogen and oxygen atoms in total. The molecule has 0 bridgehead atoms. The van der Waals surface area contributed by atoms with Crippen LogP contribution in [0.3, 0.4) is 0 Å². The molecule has 1 aromatic rings. The minimum atomic E-state index is -0.114. The van der Waals surface area contributed by atoms with Crippen molar-refractivity contribution >= 4 is 6.03 Å². The normalized spacial score (nSPS) is 16.9. The number of likely N-dealkylation sites (N-methyl/N-ethyl adjacent to an activating group) is 1. The van der Waals surface area contributed by atoms with Crippen LogP contribution in [0.4, 0.5) is 4.79 Å². The molecule has 0 aliphatic carbocycles. The van der Waals surface area contributed by atoms with Crippen molar-refractivity contribution < 1.29 is 14.3 Å². The molecule has 1 atom stereocenters. The second-order valence-electron chi connectivity index (χ2n) is 5.99. The van der Waals surface area contributed by atoms with Crippen molar-refractivity contribution in [1.82, 2.24) is 15.5 Å². The van der Waals surface area contributed by atoms with Gasteiger partial charge >= 0.3 is 6.03 Å². The van der Waals surface area contributed by atoms with Gasteiger partial charge in [-0.3, -0.25) is 0 Å². The van der Waals surface area contributed by atoms with Gasteiger partial charge in [0.2, 0.25) is 0 Å². The van der Waals surface area contributed by atoms with Crippen LogP contribution in [0.5, 0.6) is 5.75 Å². The largest absolute Gasteiger partial charge is 0.497 e. The molecule has 0 spiro atoms. The first-order valence-corrected chi connectivity index (χ1v) is 8.02. The topological polar surface area (TPSA) is 62.8 Å². The molecule has 1 aromatic carbocycles. The molecule has 0 radical (unpaired) electrons. The molecule has 0 saturated carbocycles. The minimum absolute atomic E-state index is 0.112. The van der Waals surface area contributed by atoms with Gasteiger partial charge in [-0.1, -0.05) is 12.1 Å². The Hall–Kier alpha value is -1.79. The number of hydrogen-bond donors (Lipinski definition) is 2. The number of carbonyl (C=O) groups excluding carboxylic acids is 1. The molecular formula is C17H27N3O3.